The Morgan fingerprint density at radius 2 is 1.83 bits per heavy atom. The normalized spacial score (nSPS) is 28.1. The van der Waals surface area contributed by atoms with Crippen molar-refractivity contribution in [1.82, 2.24) is 4.90 Å². The maximum absolute atomic E-state index is 11.9. The van der Waals surface area contributed by atoms with Crippen molar-refractivity contribution in [3.8, 4) is 0 Å². The van der Waals surface area contributed by atoms with E-state index >= 15 is 0 Å². The molecule has 1 aliphatic rings. The van der Waals surface area contributed by atoms with E-state index in [9.17, 15) is 19.8 Å². The Morgan fingerprint density at radius 1 is 1.28 bits per heavy atom. The summed E-state index contributed by atoms with van der Waals surface area (Å²) in [5, 5.41) is 19.2. The molecule has 0 bridgehead atoms. The van der Waals surface area contributed by atoms with Crippen molar-refractivity contribution in [3.63, 3.8) is 0 Å². The molecule has 1 aliphatic heterocycles. The van der Waals surface area contributed by atoms with E-state index in [-0.39, 0.29) is 6.42 Å². The third kappa shape index (κ3) is 3.11. The largest absolute Gasteiger partial charge is 0.467 e. The zero-order valence-corrected chi connectivity index (χ0v) is 10.9. The average molecular weight is 261 g/mol. The first-order valence-electron chi connectivity index (χ1n) is 5.62. The zero-order chi connectivity index (χ0) is 14.1. The van der Waals surface area contributed by atoms with Crippen LogP contribution >= 0.6 is 0 Å². The average Bonchev–Trinajstić information content (AvgIpc) is 2.52. The molecule has 1 unspecified atom stereocenters. The maximum atomic E-state index is 11.9. The second-order valence-electron chi connectivity index (χ2n) is 5.14. The van der Waals surface area contributed by atoms with Gasteiger partial charge in [0.1, 0.15) is 17.7 Å². The van der Waals surface area contributed by atoms with E-state index in [0.717, 1.165) is 4.90 Å². The third-order valence-corrected chi connectivity index (χ3v) is 2.51. The van der Waals surface area contributed by atoms with Crippen LogP contribution in [0.3, 0.4) is 0 Å². The fraction of sp³-hybridized carbons (Fsp3) is 0.818. The first-order chi connectivity index (χ1) is 8.17. The van der Waals surface area contributed by atoms with Gasteiger partial charge in [-0.2, -0.15) is 0 Å². The minimum atomic E-state index is -1.47. The summed E-state index contributed by atoms with van der Waals surface area (Å²) in [5.74, 6) is -0.698. The van der Waals surface area contributed by atoms with Gasteiger partial charge in [0.15, 0.2) is 6.23 Å². The predicted octanol–water partition coefficient (Wildman–Crippen LogP) is -0.152. The highest BCUT2D eigenvalue weighted by molar-refractivity contribution is 5.82. The molecular formula is C11H19NO6. The maximum Gasteiger partial charge on any atom is 0.413 e. The number of amides is 1. The highest BCUT2D eigenvalue weighted by Crippen LogP contribution is 2.26. The molecule has 18 heavy (non-hydrogen) atoms. The van der Waals surface area contributed by atoms with Crippen molar-refractivity contribution in [2.45, 2.75) is 51.2 Å². The summed E-state index contributed by atoms with van der Waals surface area (Å²) >= 11 is 0. The fourth-order valence-corrected chi connectivity index (χ4v) is 1.73. The first kappa shape index (κ1) is 14.7. The lowest BCUT2D eigenvalue weighted by molar-refractivity contribution is -0.148. The molecule has 0 aromatic carbocycles. The molecule has 2 N–H and O–H groups in total. The summed E-state index contributed by atoms with van der Waals surface area (Å²) < 4.78 is 9.60. The van der Waals surface area contributed by atoms with Gasteiger partial charge in [-0.05, 0) is 20.8 Å². The Bertz CT molecular complexity index is 337. The summed E-state index contributed by atoms with van der Waals surface area (Å²) in [7, 11) is 1.17. The smallest absolute Gasteiger partial charge is 0.413 e. The van der Waals surface area contributed by atoms with Crippen LogP contribution in [0, 0.1) is 0 Å². The molecule has 0 aliphatic carbocycles. The lowest BCUT2D eigenvalue weighted by Crippen LogP contribution is -2.48. The summed E-state index contributed by atoms with van der Waals surface area (Å²) in [6.07, 6.45) is -3.60. The van der Waals surface area contributed by atoms with Crippen LogP contribution in [-0.4, -0.2) is 58.3 Å². The Morgan fingerprint density at radius 3 is 2.28 bits per heavy atom. The van der Waals surface area contributed by atoms with Gasteiger partial charge in [0.05, 0.1) is 7.11 Å². The van der Waals surface area contributed by atoms with E-state index in [2.05, 4.69) is 4.74 Å². The Kier molecular flexibility index (Phi) is 4.18. The number of aliphatic hydroxyl groups excluding tert-OH is 2. The molecular weight excluding hydrogens is 242 g/mol. The van der Waals surface area contributed by atoms with Crippen LogP contribution in [0.5, 0.6) is 0 Å². The summed E-state index contributed by atoms with van der Waals surface area (Å²) in [5.41, 5.74) is -0.759. The van der Waals surface area contributed by atoms with Crippen LogP contribution in [0.2, 0.25) is 0 Å². The van der Waals surface area contributed by atoms with Crippen LogP contribution in [0.25, 0.3) is 0 Å². The molecule has 1 amide bonds. The number of carbonyl (C=O) groups excluding carboxylic acids is 2. The number of nitrogens with zero attached hydrogens (tertiary/aromatic N) is 1. The topological polar surface area (TPSA) is 96.3 Å². The van der Waals surface area contributed by atoms with Crippen molar-refractivity contribution in [2.75, 3.05) is 7.11 Å². The molecule has 3 atom stereocenters. The molecule has 7 nitrogen and oxygen atoms in total. The number of hydrogen-bond donors (Lipinski definition) is 2. The van der Waals surface area contributed by atoms with Gasteiger partial charge < -0.3 is 19.7 Å². The fourth-order valence-electron chi connectivity index (χ4n) is 1.73. The molecule has 1 heterocycles. The third-order valence-electron chi connectivity index (χ3n) is 2.51. The lowest BCUT2D eigenvalue weighted by Gasteiger charge is -2.29. The number of hydrogen-bond acceptors (Lipinski definition) is 6. The van der Waals surface area contributed by atoms with Crippen molar-refractivity contribution in [2.24, 2.45) is 0 Å². The lowest BCUT2D eigenvalue weighted by atomic mass is 10.2. The van der Waals surface area contributed by atoms with Crippen molar-refractivity contribution in [1.29, 1.82) is 0 Å². The van der Waals surface area contributed by atoms with Gasteiger partial charge >= 0.3 is 12.1 Å². The molecule has 7 heteroatoms. The van der Waals surface area contributed by atoms with Gasteiger partial charge in [-0.25, -0.2) is 9.59 Å². The molecule has 0 aromatic rings. The number of esters is 1. The predicted molar refractivity (Wildman–Crippen MR) is 60.5 cm³/mol. The first-order valence-corrected chi connectivity index (χ1v) is 5.62. The van der Waals surface area contributed by atoms with E-state index in [1.54, 1.807) is 20.8 Å². The van der Waals surface area contributed by atoms with E-state index in [4.69, 9.17) is 4.74 Å². The second-order valence-corrected chi connectivity index (χ2v) is 5.14. The number of rotatable bonds is 1. The Hall–Kier alpha value is -1.34. The molecule has 1 saturated heterocycles. The Labute approximate surface area is 105 Å². The number of aliphatic hydroxyl groups is 2. The molecule has 0 aromatic heterocycles. The number of likely N-dealkylation sites (tertiary alicyclic amines) is 1. The summed E-state index contributed by atoms with van der Waals surface area (Å²) in [6, 6.07) is -1.03. The van der Waals surface area contributed by atoms with Gasteiger partial charge in [0.25, 0.3) is 0 Å². The Balaban J connectivity index is 2.88. The molecule has 1 rings (SSSR count). The SMILES string of the molecule is COC(=O)[C@@H]1C[C@@H](O)C(O)N1C(=O)OC(C)(C)C. The number of ether oxygens (including phenoxy) is 2. The van der Waals surface area contributed by atoms with Crippen molar-refractivity contribution in [3.05, 3.63) is 0 Å². The van der Waals surface area contributed by atoms with Gasteiger partial charge in [-0.1, -0.05) is 0 Å². The van der Waals surface area contributed by atoms with Gasteiger partial charge in [0.2, 0.25) is 0 Å². The number of methoxy groups -OCH3 is 1. The van der Waals surface area contributed by atoms with E-state index in [1.165, 1.54) is 7.11 Å². The summed E-state index contributed by atoms with van der Waals surface area (Å²) in [4.78, 5) is 24.2. The van der Waals surface area contributed by atoms with Crippen molar-refractivity contribution < 1.29 is 29.3 Å². The molecule has 1 fully saturated rings. The molecule has 0 radical (unpaired) electrons. The molecule has 0 spiro atoms. The van der Waals surface area contributed by atoms with Gasteiger partial charge in [-0.3, -0.25) is 4.90 Å². The summed E-state index contributed by atoms with van der Waals surface area (Å²) in [6.45, 7) is 4.99. The minimum Gasteiger partial charge on any atom is -0.467 e. The van der Waals surface area contributed by atoms with E-state index < -0.39 is 36.0 Å². The minimum absolute atomic E-state index is 0.0763. The second kappa shape index (κ2) is 5.11. The van der Waals surface area contributed by atoms with Crippen LogP contribution < -0.4 is 0 Å². The highest BCUT2D eigenvalue weighted by Gasteiger charge is 2.47. The van der Waals surface area contributed by atoms with Crippen LogP contribution in [0.4, 0.5) is 4.79 Å². The van der Waals surface area contributed by atoms with Crippen LogP contribution in [-0.2, 0) is 14.3 Å². The van der Waals surface area contributed by atoms with Crippen LogP contribution in [0.15, 0.2) is 0 Å². The zero-order valence-electron chi connectivity index (χ0n) is 10.9. The van der Waals surface area contributed by atoms with Crippen LogP contribution in [0.1, 0.15) is 27.2 Å². The van der Waals surface area contributed by atoms with E-state index in [0.29, 0.717) is 0 Å². The standard InChI is InChI=1S/C11H19NO6/c1-11(2,3)18-10(16)12-6(9(15)17-4)5-7(13)8(12)14/h6-8,13-14H,5H2,1-4H3/t6-,7+,8?/m0/s1. The van der Waals surface area contributed by atoms with Gasteiger partial charge in [0, 0.05) is 6.42 Å². The monoisotopic (exact) mass is 261 g/mol. The van der Waals surface area contributed by atoms with Gasteiger partial charge in [-0.15, -0.1) is 0 Å². The van der Waals surface area contributed by atoms with E-state index in [1.807, 2.05) is 0 Å². The quantitative estimate of drug-likeness (QED) is 0.637. The number of carbonyl (C=O) groups is 2. The molecule has 104 valence electrons. The highest BCUT2D eigenvalue weighted by atomic mass is 16.6. The van der Waals surface area contributed by atoms with Crippen molar-refractivity contribution >= 4 is 12.1 Å². The molecule has 0 saturated carbocycles.